The van der Waals surface area contributed by atoms with Crippen LogP contribution in [0.2, 0.25) is 0 Å². The van der Waals surface area contributed by atoms with E-state index in [2.05, 4.69) is 18.3 Å². The van der Waals surface area contributed by atoms with Crippen molar-refractivity contribution in [3.8, 4) is 24.7 Å². The summed E-state index contributed by atoms with van der Waals surface area (Å²) in [7, 11) is 0. The second kappa shape index (κ2) is 6.54. The van der Waals surface area contributed by atoms with Gasteiger partial charge < -0.3 is 11.5 Å². The lowest BCUT2D eigenvalue weighted by molar-refractivity contribution is 0.371. The van der Waals surface area contributed by atoms with E-state index in [1.807, 2.05) is 0 Å². The minimum Gasteiger partial charge on any atom is -0.320 e. The van der Waals surface area contributed by atoms with Gasteiger partial charge in [-0.25, -0.2) is 0 Å². The van der Waals surface area contributed by atoms with Gasteiger partial charge in [-0.05, 0) is 12.8 Å². The van der Waals surface area contributed by atoms with Crippen molar-refractivity contribution in [3.63, 3.8) is 0 Å². The van der Waals surface area contributed by atoms with E-state index in [1.165, 1.54) is 19.3 Å². The fraction of sp³-hybridized carbons (Fsp3) is 0.636. The highest BCUT2D eigenvalue weighted by molar-refractivity contribution is 5.11. The van der Waals surface area contributed by atoms with Crippen molar-refractivity contribution in [2.75, 3.05) is 6.54 Å². The highest BCUT2D eigenvalue weighted by Gasteiger charge is 2.23. The Morgan fingerprint density at radius 2 is 1.62 bits per heavy atom. The Morgan fingerprint density at radius 3 is 1.85 bits per heavy atom. The van der Waals surface area contributed by atoms with Gasteiger partial charge >= 0.3 is 0 Å². The molecule has 2 heteroatoms. The van der Waals surface area contributed by atoms with Crippen LogP contribution >= 0.6 is 0 Å². The Bertz CT molecular complexity index is 201. The Balaban J connectivity index is 0.000000310. The third kappa shape index (κ3) is 5.31. The standard InChI is InChI=1S/C8H13N.C3H5N/c1-2-8(9)6-4-3-5-7-8;1-2-3-4/h1H,3-7,9H2;1H,3-4H2. The molecule has 0 saturated heterocycles. The van der Waals surface area contributed by atoms with Crippen LogP contribution in [0.5, 0.6) is 0 Å². The number of hydrogen-bond acceptors (Lipinski definition) is 2. The Hall–Kier alpha value is -0.960. The molecule has 0 aromatic carbocycles. The van der Waals surface area contributed by atoms with Crippen molar-refractivity contribution < 1.29 is 0 Å². The lowest BCUT2D eigenvalue weighted by Gasteiger charge is -2.27. The second-order valence-corrected chi connectivity index (χ2v) is 3.27. The lowest BCUT2D eigenvalue weighted by Crippen LogP contribution is -2.39. The molecule has 0 amide bonds. The molecule has 4 N–H and O–H groups in total. The Morgan fingerprint density at radius 1 is 1.15 bits per heavy atom. The average molecular weight is 178 g/mol. The molecule has 2 nitrogen and oxygen atoms in total. The molecular weight excluding hydrogens is 160 g/mol. The van der Waals surface area contributed by atoms with Gasteiger partial charge in [-0.15, -0.1) is 12.8 Å². The molecule has 0 heterocycles. The predicted octanol–water partition coefficient (Wildman–Crippen LogP) is 0.859. The van der Waals surface area contributed by atoms with E-state index < -0.39 is 0 Å². The normalized spacial score (nSPS) is 18.8. The van der Waals surface area contributed by atoms with Gasteiger partial charge in [0.25, 0.3) is 0 Å². The van der Waals surface area contributed by atoms with Crippen molar-refractivity contribution in [1.29, 1.82) is 0 Å². The molecule has 13 heavy (non-hydrogen) atoms. The number of rotatable bonds is 0. The van der Waals surface area contributed by atoms with Crippen molar-refractivity contribution in [2.24, 2.45) is 11.5 Å². The van der Waals surface area contributed by atoms with E-state index in [0.717, 1.165) is 12.8 Å². The summed E-state index contributed by atoms with van der Waals surface area (Å²) in [5, 5.41) is 0. The molecule has 0 aromatic heterocycles. The van der Waals surface area contributed by atoms with Crippen LogP contribution in [0.15, 0.2) is 0 Å². The summed E-state index contributed by atoms with van der Waals surface area (Å²) in [5.74, 6) is 4.87. The summed E-state index contributed by atoms with van der Waals surface area (Å²) in [6, 6.07) is 0. The molecule has 1 fully saturated rings. The van der Waals surface area contributed by atoms with Crippen LogP contribution in [0.4, 0.5) is 0 Å². The first kappa shape index (κ1) is 12.0. The van der Waals surface area contributed by atoms with Gasteiger partial charge in [0.2, 0.25) is 0 Å². The average Bonchev–Trinajstić information content (AvgIpc) is 2.20. The minimum atomic E-state index is -0.252. The lowest BCUT2D eigenvalue weighted by atomic mass is 9.83. The molecule has 0 aromatic rings. The van der Waals surface area contributed by atoms with Crippen molar-refractivity contribution in [1.82, 2.24) is 0 Å². The third-order valence-electron chi connectivity index (χ3n) is 2.15. The highest BCUT2D eigenvalue weighted by atomic mass is 14.7. The molecule has 1 aliphatic carbocycles. The summed E-state index contributed by atoms with van der Waals surface area (Å²) in [4.78, 5) is 0. The molecule has 0 aliphatic heterocycles. The maximum Gasteiger partial charge on any atom is 0.0773 e. The smallest absolute Gasteiger partial charge is 0.0773 e. The van der Waals surface area contributed by atoms with Crippen LogP contribution in [0.25, 0.3) is 0 Å². The van der Waals surface area contributed by atoms with Gasteiger partial charge in [0.15, 0.2) is 0 Å². The Labute approximate surface area is 81.1 Å². The van der Waals surface area contributed by atoms with E-state index in [0.29, 0.717) is 6.54 Å². The maximum atomic E-state index is 5.82. The van der Waals surface area contributed by atoms with Crippen LogP contribution in [0.1, 0.15) is 32.1 Å². The van der Waals surface area contributed by atoms with Crippen molar-refractivity contribution in [3.05, 3.63) is 0 Å². The molecule has 0 atom stereocenters. The SMILES string of the molecule is C#CC1(N)CCCCC1.C#CCN. The van der Waals surface area contributed by atoms with E-state index in [-0.39, 0.29) is 5.54 Å². The van der Waals surface area contributed by atoms with Crippen molar-refractivity contribution >= 4 is 0 Å². The van der Waals surface area contributed by atoms with E-state index in [9.17, 15) is 0 Å². The van der Waals surface area contributed by atoms with E-state index >= 15 is 0 Å². The summed E-state index contributed by atoms with van der Waals surface area (Å²) in [6.07, 6.45) is 15.7. The molecule has 0 spiro atoms. The number of terminal acetylenes is 2. The summed E-state index contributed by atoms with van der Waals surface area (Å²) in [5.41, 5.74) is 10.4. The molecule has 1 saturated carbocycles. The largest absolute Gasteiger partial charge is 0.320 e. The zero-order valence-electron chi connectivity index (χ0n) is 8.05. The van der Waals surface area contributed by atoms with Gasteiger partial charge in [0.05, 0.1) is 12.1 Å². The van der Waals surface area contributed by atoms with Gasteiger partial charge in [-0.3, -0.25) is 0 Å². The zero-order valence-corrected chi connectivity index (χ0v) is 8.05. The van der Waals surface area contributed by atoms with E-state index in [4.69, 9.17) is 17.9 Å². The second-order valence-electron chi connectivity index (χ2n) is 3.27. The molecule has 1 aliphatic rings. The van der Waals surface area contributed by atoms with Crippen LogP contribution in [0, 0.1) is 24.7 Å². The maximum absolute atomic E-state index is 5.82. The fourth-order valence-corrected chi connectivity index (χ4v) is 1.33. The van der Waals surface area contributed by atoms with Gasteiger partial charge in [-0.2, -0.15) is 0 Å². The zero-order chi connectivity index (χ0) is 10.2. The predicted molar refractivity (Wildman–Crippen MR) is 56.7 cm³/mol. The highest BCUT2D eigenvalue weighted by Crippen LogP contribution is 2.24. The first-order chi connectivity index (χ1) is 6.18. The topological polar surface area (TPSA) is 52.0 Å². The first-order valence-corrected chi connectivity index (χ1v) is 4.58. The molecule has 0 unspecified atom stereocenters. The number of nitrogens with two attached hydrogens (primary N) is 2. The summed E-state index contributed by atoms with van der Waals surface area (Å²) < 4.78 is 0. The molecule has 1 rings (SSSR count). The quantitative estimate of drug-likeness (QED) is 0.540. The number of hydrogen-bond donors (Lipinski definition) is 2. The first-order valence-electron chi connectivity index (χ1n) is 4.58. The fourth-order valence-electron chi connectivity index (χ4n) is 1.33. The van der Waals surface area contributed by atoms with Crippen LogP contribution < -0.4 is 11.5 Å². The summed E-state index contributed by atoms with van der Waals surface area (Å²) in [6.45, 7) is 0.347. The molecule has 72 valence electrons. The minimum absolute atomic E-state index is 0.252. The van der Waals surface area contributed by atoms with E-state index in [1.54, 1.807) is 0 Å². The third-order valence-corrected chi connectivity index (χ3v) is 2.15. The molecule has 0 bridgehead atoms. The Kier molecular flexibility index (Phi) is 6.06. The van der Waals surface area contributed by atoms with Crippen LogP contribution in [0.3, 0.4) is 0 Å². The van der Waals surface area contributed by atoms with Crippen molar-refractivity contribution in [2.45, 2.75) is 37.6 Å². The van der Waals surface area contributed by atoms with Gasteiger partial charge in [-0.1, -0.05) is 31.1 Å². The van der Waals surface area contributed by atoms with Crippen LogP contribution in [-0.2, 0) is 0 Å². The molecular formula is C11H18N2. The van der Waals surface area contributed by atoms with Gasteiger partial charge in [0.1, 0.15) is 0 Å². The monoisotopic (exact) mass is 178 g/mol. The summed E-state index contributed by atoms with van der Waals surface area (Å²) >= 11 is 0. The van der Waals surface area contributed by atoms with Gasteiger partial charge in [0, 0.05) is 0 Å². The molecule has 0 radical (unpaired) electrons. The van der Waals surface area contributed by atoms with Crippen LogP contribution in [-0.4, -0.2) is 12.1 Å².